The zero-order chi connectivity index (χ0) is 11.8. The maximum Gasteiger partial charge on any atom is 0.197 e. The molecule has 0 amide bonds. The Hall–Kier alpha value is -1.52. The Balaban J connectivity index is 2.33. The van der Waals surface area contributed by atoms with Crippen LogP contribution in [0.2, 0.25) is 0 Å². The van der Waals surface area contributed by atoms with E-state index in [1.807, 2.05) is 13.0 Å². The quantitative estimate of drug-likeness (QED) is 0.658. The zero-order valence-corrected chi connectivity index (χ0v) is 10.9. The molecule has 17 heavy (non-hydrogen) atoms. The molecule has 0 unspecified atom stereocenters. The lowest BCUT2D eigenvalue weighted by atomic mass is 10.1. The van der Waals surface area contributed by atoms with Gasteiger partial charge in [0.1, 0.15) is 0 Å². The van der Waals surface area contributed by atoms with Gasteiger partial charge in [-0.05, 0) is 42.0 Å². The maximum atomic E-state index is 5.13. The Morgan fingerprint density at radius 3 is 3.00 bits per heavy atom. The second kappa shape index (κ2) is 4.05. The lowest BCUT2D eigenvalue weighted by molar-refractivity contribution is 1.08. The van der Waals surface area contributed by atoms with Crippen LogP contribution in [0.1, 0.15) is 5.69 Å². The first-order valence-corrected chi connectivity index (χ1v) is 6.57. The number of aryl methyl sites for hydroxylation is 1. The molecule has 0 bridgehead atoms. The molecule has 1 N–H and O–H groups in total. The Kier molecular flexibility index (Phi) is 2.53. The van der Waals surface area contributed by atoms with E-state index in [9.17, 15) is 0 Å². The van der Waals surface area contributed by atoms with E-state index < -0.39 is 0 Å². The fourth-order valence-corrected chi connectivity index (χ4v) is 3.09. The van der Waals surface area contributed by atoms with Gasteiger partial charge in [0.25, 0.3) is 0 Å². The third-order valence-electron chi connectivity index (χ3n) is 2.63. The zero-order valence-electron chi connectivity index (χ0n) is 9.23. The minimum Gasteiger partial charge on any atom is -0.335 e. The number of aromatic amines is 1. The van der Waals surface area contributed by atoms with Crippen molar-refractivity contribution in [2.24, 2.45) is 0 Å². The van der Waals surface area contributed by atoms with Gasteiger partial charge >= 0.3 is 0 Å². The van der Waals surface area contributed by atoms with Crippen molar-refractivity contribution in [2.45, 2.75) is 6.92 Å². The Labute approximate surface area is 108 Å². The fourth-order valence-electron chi connectivity index (χ4n) is 1.91. The second-order valence-corrected chi connectivity index (χ2v) is 5.20. The third kappa shape index (κ3) is 1.90. The normalized spacial score (nSPS) is 10.9. The molecule has 2 heterocycles. The Morgan fingerprint density at radius 2 is 2.18 bits per heavy atom. The SMILES string of the molecule is Cc1cc(-c2cccc3ccsc23)nc(=S)[nH]1. The summed E-state index contributed by atoms with van der Waals surface area (Å²) in [5.74, 6) is 0. The van der Waals surface area contributed by atoms with Crippen LogP contribution < -0.4 is 0 Å². The average Bonchev–Trinajstić information content (AvgIpc) is 2.75. The summed E-state index contributed by atoms with van der Waals surface area (Å²) in [6.07, 6.45) is 0. The van der Waals surface area contributed by atoms with Crippen molar-refractivity contribution in [1.82, 2.24) is 9.97 Å². The Morgan fingerprint density at radius 1 is 1.29 bits per heavy atom. The molecule has 0 fully saturated rings. The molecule has 0 saturated heterocycles. The molecular weight excluding hydrogens is 248 g/mol. The van der Waals surface area contributed by atoms with Crippen LogP contribution in [0.25, 0.3) is 21.3 Å². The van der Waals surface area contributed by atoms with E-state index in [-0.39, 0.29) is 0 Å². The second-order valence-electron chi connectivity index (χ2n) is 3.90. The number of H-pyrrole nitrogens is 1. The summed E-state index contributed by atoms with van der Waals surface area (Å²) >= 11 is 6.86. The molecule has 4 heteroatoms. The van der Waals surface area contributed by atoms with E-state index in [0.29, 0.717) is 4.77 Å². The van der Waals surface area contributed by atoms with Gasteiger partial charge in [-0.3, -0.25) is 0 Å². The van der Waals surface area contributed by atoms with Crippen LogP contribution in [0.15, 0.2) is 35.7 Å². The van der Waals surface area contributed by atoms with Gasteiger partial charge in [-0.2, -0.15) is 0 Å². The van der Waals surface area contributed by atoms with E-state index in [1.54, 1.807) is 11.3 Å². The Bertz CT molecular complexity index is 740. The van der Waals surface area contributed by atoms with E-state index in [1.165, 1.54) is 10.1 Å². The highest BCUT2D eigenvalue weighted by atomic mass is 32.1. The number of thiophene rings is 1. The topological polar surface area (TPSA) is 28.7 Å². The molecule has 0 radical (unpaired) electrons. The lowest BCUT2D eigenvalue weighted by Gasteiger charge is -2.03. The molecule has 1 aromatic carbocycles. The highest BCUT2D eigenvalue weighted by Crippen LogP contribution is 2.31. The molecule has 2 nitrogen and oxygen atoms in total. The van der Waals surface area contributed by atoms with Crippen LogP contribution in [0.5, 0.6) is 0 Å². The number of nitrogens with one attached hydrogen (secondary N) is 1. The molecular formula is C13H10N2S2. The predicted octanol–water partition coefficient (Wildman–Crippen LogP) is 4.33. The van der Waals surface area contributed by atoms with E-state index in [0.717, 1.165) is 17.0 Å². The van der Waals surface area contributed by atoms with Gasteiger partial charge in [0.05, 0.1) is 5.69 Å². The average molecular weight is 258 g/mol. The minimum atomic E-state index is 0.536. The molecule has 0 aliphatic rings. The predicted molar refractivity (Wildman–Crippen MR) is 75.0 cm³/mol. The van der Waals surface area contributed by atoms with Gasteiger partial charge in [-0.25, -0.2) is 4.98 Å². The molecule has 0 saturated carbocycles. The number of hydrogen-bond donors (Lipinski definition) is 1. The van der Waals surface area contributed by atoms with Crippen LogP contribution in [-0.2, 0) is 0 Å². The standard InChI is InChI=1S/C13H10N2S2/c1-8-7-11(15-13(16)14-8)10-4-2-3-9-5-6-17-12(9)10/h2-7H,1H3,(H,14,15,16). The van der Waals surface area contributed by atoms with Crippen molar-refractivity contribution >= 4 is 33.6 Å². The van der Waals surface area contributed by atoms with E-state index in [2.05, 4.69) is 39.6 Å². The molecule has 84 valence electrons. The molecule has 3 aromatic rings. The number of fused-ring (bicyclic) bond motifs is 1. The number of aromatic nitrogens is 2. The number of nitrogens with zero attached hydrogens (tertiary/aromatic N) is 1. The first-order chi connectivity index (χ1) is 8.24. The molecule has 0 aliphatic heterocycles. The molecule has 2 aromatic heterocycles. The number of rotatable bonds is 1. The molecule has 3 rings (SSSR count). The first kappa shape index (κ1) is 10.6. The molecule has 0 aliphatic carbocycles. The summed E-state index contributed by atoms with van der Waals surface area (Å²) in [7, 11) is 0. The van der Waals surface area contributed by atoms with Gasteiger partial charge in [0, 0.05) is 16.0 Å². The highest BCUT2D eigenvalue weighted by Gasteiger charge is 2.06. The van der Waals surface area contributed by atoms with E-state index in [4.69, 9.17) is 12.2 Å². The number of hydrogen-bond acceptors (Lipinski definition) is 3. The van der Waals surface area contributed by atoms with Crippen LogP contribution in [0.3, 0.4) is 0 Å². The van der Waals surface area contributed by atoms with Crippen LogP contribution in [0, 0.1) is 11.7 Å². The van der Waals surface area contributed by atoms with Crippen LogP contribution >= 0.6 is 23.6 Å². The van der Waals surface area contributed by atoms with Crippen molar-refractivity contribution < 1.29 is 0 Å². The first-order valence-electron chi connectivity index (χ1n) is 5.28. The van der Waals surface area contributed by atoms with Gasteiger partial charge < -0.3 is 4.98 Å². The monoisotopic (exact) mass is 258 g/mol. The van der Waals surface area contributed by atoms with Crippen LogP contribution in [0.4, 0.5) is 0 Å². The molecule has 0 atom stereocenters. The summed E-state index contributed by atoms with van der Waals surface area (Å²) in [6.45, 7) is 2.00. The van der Waals surface area contributed by atoms with Crippen LogP contribution in [-0.4, -0.2) is 9.97 Å². The van der Waals surface area contributed by atoms with Crippen molar-refractivity contribution in [2.75, 3.05) is 0 Å². The van der Waals surface area contributed by atoms with Crippen molar-refractivity contribution in [3.63, 3.8) is 0 Å². The smallest absolute Gasteiger partial charge is 0.197 e. The maximum absolute atomic E-state index is 5.13. The van der Waals surface area contributed by atoms with Crippen molar-refractivity contribution in [3.8, 4) is 11.3 Å². The minimum absolute atomic E-state index is 0.536. The number of benzene rings is 1. The summed E-state index contributed by atoms with van der Waals surface area (Å²) in [5.41, 5.74) is 3.13. The highest BCUT2D eigenvalue weighted by molar-refractivity contribution is 7.71. The van der Waals surface area contributed by atoms with Gasteiger partial charge in [0.2, 0.25) is 0 Å². The summed E-state index contributed by atoms with van der Waals surface area (Å²) in [4.78, 5) is 7.43. The van der Waals surface area contributed by atoms with Gasteiger partial charge in [-0.15, -0.1) is 11.3 Å². The third-order valence-corrected chi connectivity index (χ3v) is 3.79. The summed E-state index contributed by atoms with van der Waals surface area (Å²) in [5, 5.41) is 3.36. The fraction of sp³-hybridized carbons (Fsp3) is 0.0769. The molecule has 0 spiro atoms. The van der Waals surface area contributed by atoms with E-state index >= 15 is 0 Å². The lowest BCUT2D eigenvalue weighted by Crippen LogP contribution is -1.90. The van der Waals surface area contributed by atoms with Gasteiger partial charge in [-0.1, -0.05) is 18.2 Å². The summed E-state index contributed by atoms with van der Waals surface area (Å²) < 4.78 is 1.80. The van der Waals surface area contributed by atoms with Crippen molar-refractivity contribution in [3.05, 3.63) is 46.2 Å². The van der Waals surface area contributed by atoms with Gasteiger partial charge in [0.15, 0.2) is 4.77 Å². The largest absolute Gasteiger partial charge is 0.335 e. The van der Waals surface area contributed by atoms with Crippen molar-refractivity contribution in [1.29, 1.82) is 0 Å². The summed E-state index contributed by atoms with van der Waals surface area (Å²) in [6, 6.07) is 10.4.